The van der Waals surface area contributed by atoms with Crippen LogP contribution in [-0.4, -0.2) is 41.7 Å². The standard InChI is InChI=1S/C18H20N4O3S/c1-14-6-9-22(10-7-14)26(24,25)17-4-2-3-15(11-17)18(23)20-12-16-5-8-19-13-21-16/h2-6,8,11,13H,7,9-10,12H2,1H3,(H,20,23). The molecule has 1 aromatic carbocycles. The van der Waals surface area contributed by atoms with Crippen LogP contribution in [0.5, 0.6) is 0 Å². The summed E-state index contributed by atoms with van der Waals surface area (Å²) < 4.78 is 27.0. The van der Waals surface area contributed by atoms with Gasteiger partial charge in [-0.3, -0.25) is 4.79 Å². The predicted octanol–water partition coefficient (Wildman–Crippen LogP) is 1.75. The highest BCUT2D eigenvalue weighted by Crippen LogP contribution is 2.21. The number of nitrogens with one attached hydrogen (secondary N) is 1. The lowest BCUT2D eigenvalue weighted by Crippen LogP contribution is -2.34. The number of benzene rings is 1. The maximum atomic E-state index is 12.8. The lowest BCUT2D eigenvalue weighted by Gasteiger charge is -2.24. The molecule has 1 aliphatic rings. The van der Waals surface area contributed by atoms with Crippen LogP contribution in [0.1, 0.15) is 29.4 Å². The zero-order valence-corrected chi connectivity index (χ0v) is 15.2. The molecule has 136 valence electrons. The summed E-state index contributed by atoms with van der Waals surface area (Å²) in [6.07, 6.45) is 5.64. The summed E-state index contributed by atoms with van der Waals surface area (Å²) in [5.74, 6) is -0.352. The average molecular weight is 372 g/mol. The van der Waals surface area contributed by atoms with Crippen LogP contribution in [0.15, 0.2) is 59.4 Å². The Balaban J connectivity index is 1.74. The van der Waals surface area contributed by atoms with Gasteiger partial charge in [-0.15, -0.1) is 0 Å². The highest BCUT2D eigenvalue weighted by Gasteiger charge is 2.26. The number of rotatable bonds is 5. The van der Waals surface area contributed by atoms with Gasteiger partial charge in [0.15, 0.2) is 0 Å². The lowest BCUT2D eigenvalue weighted by atomic mass is 10.1. The summed E-state index contributed by atoms with van der Waals surface area (Å²) in [6.45, 7) is 3.05. The first-order valence-corrected chi connectivity index (χ1v) is 9.70. The molecule has 8 heteroatoms. The van der Waals surface area contributed by atoms with Crippen LogP contribution in [0, 0.1) is 0 Å². The molecule has 2 aromatic rings. The summed E-state index contributed by atoms with van der Waals surface area (Å²) in [6, 6.07) is 7.80. The van der Waals surface area contributed by atoms with Crippen molar-refractivity contribution >= 4 is 15.9 Å². The van der Waals surface area contributed by atoms with Crippen molar-refractivity contribution in [3.8, 4) is 0 Å². The molecule has 2 heterocycles. The first-order chi connectivity index (χ1) is 12.5. The maximum absolute atomic E-state index is 12.8. The number of carbonyl (C=O) groups is 1. The third kappa shape index (κ3) is 4.14. The molecule has 0 radical (unpaired) electrons. The SMILES string of the molecule is CC1=CCN(S(=O)(=O)c2cccc(C(=O)NCc3ccncn3)c2)CC1. The first kappa shape index (κ1) is 18.2. The topological polar surface area (TPSA) is 92.3 Å². The molecule has 1 aliphatic heterocycles. The molecule has 3 rings (SSSR count). The summed E-state index contributed by atoms with van der Waals surface area (Å²) in [5.41, 5.74) is 2.16. The number of carbonyl (C=O) groups excluding carboxylic acids is 1. The van der Waals surface area contributed by atoms with Gasteiger partial charge in [-0.05, 0) is 37.6 Å². The van der Waals surface area contributed by atoms with Gasteiger partial charge >= 0.3 is 0 Å². The van der Waals surface area contributed by atoms with E-state index in [0.717, 1.165) is 6.42 Å². The van der Waals surface area contributed by atoms with Crippen molar-refractivity contribution in [1.29, 1.82) is 0 Å². The van der Waals surface area contributed by atoms with Crippen molar-refractivity contribution in [2.24, 2.45) is 0 Å². The summed E-state index contributed by atoms with van der Waals surface area (Å²) in [4.78, 5) is 20.3. The minimum Gasteiger partial charge on any atom is -0.346 e. The molecule has 0 saturated heterocycles. The molecule has 1 amide bonds. The molecule has 1 N–H and O–H groups in total. The molecular weight excluding hydrogens is 352 g/mol. The maximum Gasteiger partial charge on any atom is 0.251 e. The quantitative estimate of drug-likeness (QED) is 0.807. The largest absolute Gasteiger partial charge is 0.346 e. The Labute approximate surface area is 152 Å². The van der Waals surface area contributed by atoms with E-state index >= 15 is 0 Å². The monoisotopic (exact) mass is 372 g/mol. The third-order valence-electron chi connectivity index (χ3n) is 4.21. The van der Waals surface area contributed by atoms with Crippen LogP contribution >= 0.6 is 0 Å². The van der Waals surface area contributed by atoms with E-state index in [1.165, 1.54) is 28.3 Å². The Kier molecular flexibility index (Phi) is 5.43. The van der Waals surface area contributed by atoms with E-state index in [1.54, 1.807) is 24.4 Å². The van der Waals surface area contributed by atoms with E-state index in [4.69, 9.17) is 0 Å². The van der Waals surface area contributed by atoms with E-state index in [2.05, 4.69) is 15.3 Å². The lowest BCUT2D eigenvalue weighted by molar-refractivity contribution is 0.0950. The van der Waals surface area contributed by atoms with E-state index in [1.807, 2.05) is 13.0 Å². The zero-order valence-electron chi connectivity index (χ0n) is 14.4. The molecule has 0 unspecified atom stereocenters. The minimum atomic E-state index is -3.62. The molecular formula is C18H20N4O3S. The van der Waals surface area contributed by atoms with Crippen molar-refractivity contribution in [3.05, 3.63) is 65.8 Å². The molecule has 0 spiro atoms. The van der Waals surface area contributed by atoms with Crippen molar-refractivity contribution in [1.82, 2.24) is 19.6 Å². The van der Waals surface area contributed by atoms with Crippen LogP contribution in [-0.2, 0) is 16.6 Å². The molecule has 0 atom stereocenters. The Morgan fingerprint density at radius 3 is 2.85 bits per heavy atom. The van der Waals surface area contributed by atoms with Gasteiger partial charge in [0.05, 0.1) is 17.1 Å². The van der Waals surface area contributed by atoms with E-state index in [9.17, 15) is 13.2 Å². The fraction of sp³-hybridized carbons (Fsp3) is 0.278. The van der Waals surface area contributed by atoms with Crippen LogP contribution in [0.2, 0.25) is 0 Å². The van der Waals surface area contributed by atoms with Crippen molar-refractivity contribution in [2.45, 2.75) is 24.8 Å². The van der Waals surface area contributed by atoms with Gasteiger partial charge in [0.25, 0.3) is 5.91 Å². The van der Waals surface area contributed by atoms with Gasteiger partial charge in [-0.1, -0.05) is 17.7 Å². The Bertz CT molecular complexity index is 926. The minimum absolute atomic E-state index is 0.125. The summed E-state index contributed by atoms with van der Waals surface area (Å²) in [7, 11) is -3.62. The Morgan fingerprint density at radius 1 is 1.31 bits per heavy atom. The van der Waals surface area contributed by atoms with Crippen LogP contribution in [0.4, 0.5) is 0 Å². The van der Waals surface area contributed by atoms with Crippen LogP contribution in [0.25, 0.3) is 0 Å². The van der Waals surface area contributed by atoms with Gasteiger partial charge in [0.2, 0.25) is 10.0 Å². The molecule has 1 aromatic heterocycles. The van der Waals surface area contributed by atoms with Crippen LogP contribution in [0.3, 0.4) is 0 Å². The molecule has 0 fully saturated rings. The fourth-order valence-corrected chi connectivity index (χ4v) is 4.04. The Morgan fingerprint density at radius 2 is 2.15 bits per heavy atom. The van der Waals surface area contributed by atoms with Crippen molar-refractivity contribution < 1.29 is 13.2 Å². The number of sulfonamides is 1. The zero-order chi connectivity index (χ0) is 18.6. The number of hydrogen-bond donors (Lipinski definition) is 1. The molecule has 0 aliphatic carbocycles. The summed E-state index contributed by atoms with van der Waals surface area (Å²) in [5, 5.41) is 2.73. The number of hydrogen-bond acceptors (Lipinski definition) is 5. The first-order valence-electron chi connectivity index (χ1n) is 8.26. The second-order valence-corrected chi connectivity index (χ2v) is 8.01. The van der Waals surface area contributed by atoms with Crippen molar-refractivity contribution in [3.63, 3.8) is 0 Å². The second-order valence-electron chi connectivity index (χ2n) is 6.07. The smallest absolute Gasteiger partial charge is 0.251 e. The van der Waals surface area contributed by atoms with E-state index < -0.39 is 10.0 Å². The fourth-order valence-electron chi connectivity index (χ4n) is 2.61. The summed E-state index contributed by atoms with van der Waals surface area (Å²) >= 11 is 0. The molecule has 0 bridgehead atoms. The highest BCUT2D eigenvalue weighted by molar-refractivity contribution is 7.89. The normalized spacial score (nSPS) is 15.3. The van der Waals surface area contributed by atoms with Gasteiger partial charge in [-0.25, -0.2) is 18.4 Å². The number of aromatic nitrogens is 2. The number of amides is 1. The third-order valence-corrected chi connectivity index (χ3v) is 6.07. The molecule has 0 saturated carbocycles. The second kappa shape index (κ2) is 7.76. The number of nitrogens with zero attached hydrogens (tertiary/aromatic N) is 3. The van der Waals surface area contributed by atoms with Gasteiger partial charge < -0.3 is 5.32 Å². The van der Waals surface area contributed by atoms with E-state index in [0.29, 0.717) is 24.3 Å². The molecule has 7 nitrogen and oxygen atoms in total. The van der Waals surface area contributed by atoms with Gasteiger partial charge in [0, 0.05) is 24.8 Å². The van der Waals surface area contributed by atoms with Gasteiger partial charge in [-0.2, -0.15) is 4.31 Å². The van der Waals surface area contributed by atoms with Crippen molar-refractivity contribution in [2.75, 3.05) is 13.1 Å². The van der Waals surface area contributed by atoms with E-state index in [-0.39, 0.29) is 17.3 Å². The Hall–Kier alpha value is -2.58. The average Bonchev–Trinajstić information content (AvgIpc) is 2.67. The predicted molar refractivity (Wildman–Crippen MR) is 96.8 cm³/mol. The van der Waals surface area contributed by atoms with Crippen LogP contribution < -0.4 is 5.32 Å². The highest BCUT2D eigenvalue weighted by atomic mass is 32.2. The van der Waals surface area contributed by atoms with Gasteiger partial charge in [0.1, 0.15) is 6.33 Å². The molecule has 26 heavy (non-hydrogen) atoms.